The predicted molar refractivity (Wildman–Crippen MR) is 94.7 cm³/mol. The summed E-state index contributed by atoms with van der Waals surface area (Å²) >= 11 is 0. The van der Waals surface area contributed by atoms with E-state index >= 15 is 0 Å². The van der Waals surface area contributed by atoms with Crippen LogP contribution >= 0.6 is 0 Å². The van der Waals surface area contributed by atoms with Gasteiger partial charge in [-0.25, -0.2) is 14.3 Å². The molecule has 27 heavy (non-hydrogen) atoms. The summed E-state index contributed by atoms with van der Waals surface area (Å²) in [6, 6.07) is 9.16. The second-order valence-corrected chi connectivity index (χ2v) is 5.98. The third kappa shape index (κ3) is 2.10. The molecule has 3 aromatic heterocycles. The Balaban J connectivity index is 1.77. The van der Waals surface area contributed by atoms with Crippen LogP contribution in [0.4, 0.5) is 10.1 Å². The molecule has 0 saturated carbocycles. The number of benzene rings is 1. The van der Waals surface area contributed by atoms with Crippen molar-refractivity contribution in [2.45, 2.75) is 0 Å². The van der Waals surface area contributed by atoms with Gasteiger partial charge in [-0.3, -0.25) is 19.7 Å². The molecule has 4 heterocycles. The first kappa shape index (κ1) is 15.3. The molecule has 0 bridgehead atoms. The highest BCUT2D eigenvalue weighted by molar-refractivity contribution is 6.38. The smallest absolute Gasteiger partial charge is 0.267 e. The fourth-order valence-electron chi connectivity index (χ4n) is 3.28. The van der Waals surface area contributed by atoms with Crippen molar-refractivity contribution >= 4 is 28.5 Å². The molecule has 4 aromatic rings. The number of fused-ring (bicyclic) bond motifs is 3. The first-order valence-electron chi connectivity index (χ1n) is 8.07. The Labute approximate surface area is 151 Å². The molecule has 0 saturated heterocycles. The molecule has 0 radical (unpaired) electrons. The molecule has 0 unspecified atom stereocenters. The van der Waals surface area contributed by atoms with E-state index in [1.807, 2.05) is 0 Å². The highest BCUT2D eigenvalue weighted by Gasteiger charge is 2.40. The number of hydrogen-bond donors (Lipinski definition) is 1. The van der Waals surface area contributed by atoms with Crippen LogP contribution in [0.25, 0.3) is 22.3 Å². The third-order valence-corrected chi connectivity index (χ3v) is 4.50. The lowest BCUT2D eigenvalue weighted by molar-refractivity contribution is 0.0925. The SMILES string of the molecule is O=C1c2cnc3n[nH]c(-c4ccncc4)c3c2C(=O)N1c1ccccc1F. The fraction of sp³-hybridized carbons (Fsp3) is 0. The Bertz CT molecular complexity index is 1240. The Hall–Kier alpha value is -3.94. The zero-order valence-corrected chi connectivity index (χ0v) is 13.7. The van der Waals surface area contributed by atoms with Gasteiger partial charge < -0.3 is 0 Å². The summed E-state index contributed by atoms with van der Waals surface area (Å²) < 4.78 is 14.2. The van der Waals surface area contributed by atoms with E-state index in [0.717, 1.165) is 10.5 Å². The van der Waals surface area contributed by atoms with Crippen molar-refractivity contribution in [1.82, 2.24) is 20.2 Å². The van der Waals surface area contributed by atoms with Crippen molar-refractivity contribution in [2.75, 3.05) is 4.90 Å². The molecule has 1 aromatic carbocycles. The number of nitrogens with one attached hydrogen (secondary N) is 1. The average molecular weight is 359 g/mol. The van der Waals surface area contributed by atoms with Crippen LogP contribution < -0.4 is 4.90 Å². The van der Waals surface area contributed by atoms with E-state index in [1.165, 1.54) is 24.4 Å². The van der Waals surface area contributed by atoms with Crippen LogP contribution in [0.5, 0.6) is 0 Å². The monoisotopic (exact) mass is 359 g/mol. The van der Waals surface area contributed by atoms with E-state index in [9.17, 15) is 14.0 Å². The second-order valence-electron chi connectivity index (χ2n) is 5.98. The minimum atomic E-state index is -0.655. The van der Waals surface area contributed by atoms with Gasteiger partial charge in [-0.1, -0.05) is 12.1 Å². The van der Waals surface area contributed by atoms with Gasteiger partial charge >= 0.3 is 0 Å². The average Bonchev–Trinajstić information content (AvgIpc) is 3.23. The molecule has 0 spiro atoms. The number of amides is 2. The topological polar surface area (TPSA) is 91.8 Å². The lowest BCUT2D eigenvalue weighted by Gasteiger charge is -2.14. The second kappa shape index (κ2) is 5.53. The Morgan fingerprint density at radius 2 is 1.78 bits per heavy atom. The molecule has 2 amide bonds. The number of rotatable bonds is 2. The van der Waals surface area contributed by atoms with Gasteiger partial charge in [-0.2, -0.15) is 5.10 Å². The van der Waals surface area contributed by atoms with Crippen LogP contribution in [0.15, 0.2) is 55.0 Å². The zero-order valence-electron chi connectivity index (χ0n) is 13.7. The number of halogens is 1. The number of pyridine rings is 2. The number of nitrogens with zero attached hydrogens (tertiary/aromatic N) is 4. The number of imide groups is 1. The summed E-state index contributed by atoms with van der Waals surface area (Å²) in [4.78, 5) is 34.9. The van der Waals surface area contributed by atoms with Gasteiger partial charge in [0, 0.05) is 24.2 Å². The summed E-state index contributed by atoms with van der Waals surface area (Å²) in [6.07, 6.45) is 4.52. The van der Waals surface area contributed by atoms with Crippen LogP contribution in [-0.4, -0.2) is 32.0 Å². The highest BCUT2D eigenvalue weighted by Crippen LogP contribution is 2.36. The van der Waals surface area contributed by atoms with E-state index in [2.05, 4.69) is 20.2 Å². The van der Waals surface area contributed by atoms with Crippen molar-refractivity contribution in [3.05, 3.63) is 71.9 Å². The number of aromatic nitrogens is 4. The maximum atomic E-state index is 14.2. The molecule has 0 fully saturated rings. The van der Waals surface area contributed by atoms with E-state index < -0.39 is 17.6 Å². The largest absolute Gasteiger partial charge is 0.275 e. The van der Waals surface area contributed by atoms with E-state index in [1.54, 1.807) is 30.6 Å². The minimum absolute atomic E-state index is 0.0918. The number of aromatic amines is 1. The van der Waals surface area contributed by atoms with Gasteiger partial charge in [-0.05, 0) is 24.3 Å². The van der Waals surface area contributed by atoms with Gasteiger partial charge in [0.15, 0.2) is 5.65 Å². The first-order valence-corrected chi connectivity index (χ1v) is 8.07. The lowest BCUT2D eigenvalue weighted by atomic mass is 10.0. The molecule has 0 aliphatic carbocycles. The quantitative estimate of drug-likeness (QED) is 0.556. The van der Waals surface area contributed by atoms with Crippen molar-refractivity contribution in [3.8, 4) is 11.3 Å². The van der Waals surface area contributed by atoms with Crippen LogP contribution in [0.3, 0.4) is 0 Å². The first-order chi connectivity index (χ1) is 13.2. The number of para-hydroxylation sites is 1. The normalized spacial score (nSPS) is 13.4. The van der Waals surface area contributed by atoms with Gasteiger partial charge in [0.05, 0.1) is 27.9 Å². The van der Waals surface area contributed by atoms with E-state index in [0.29, 0.717) is 16.7 Å². The van der Waals surface area contributed by atoms with Gasteiger partial charge in [0.2, 0.25) is 0 Å². The number of hydrogen-bond acceptors (Lipinski definition) is 5. The Kier molecular flexibility index (Phi) is 3.14. The summed E-state index contributed by atoms with van der Waals surface area (Å²) in [7, 11) is 0. The van der Waals surface area contributed by atoms with Crippen LogP contribution in [0.2, 0.25) is 0 Å². The Morgan fingerprint density at radius 3 is 2.56 bits per heavy atom. The molecule has 1 aliphatic heterocycles. The molecule has 130 valence electrons. The van der Waals surface area contributed by atoms with Crippen molar-refractivity contribution in [2.24, 2.45) is 0 Å². The number of carbonyl (C=O) groups is 2. The molecule has 5 rings (SSSR count). The molecule has 1 N–H and O–H groups in total. The van der Waals surface area contributed by atoms with E-state index in [-0.39, 0.29) is 16.8 Å². The van der Waals surface area contributed by atoms with Crippen molar-refractivity contribution in [1.29, 1.82) is 0 Å². The fourth-order valence-corrected chi connectivity index (χ4v) is 3.28. The summed E-state index contributed by atoms with van der Waals surface area (Å²) in [5.41, 5.74) is 1.78. The molecular formula is C19H10FN5O2. The lowest BCUT2D eigenvalue weighted by Crippen LogP contribution is -2.30. The number of anilines is 1. The molecule has 0 atom stereocenters. The molecule has 7 nitrogen and oxygen atoms in total. The van der Waals surface area contributed by atoms with Crippen LogP contribution in [0, 0.1) is 5.82 Å². The van der Waals surface area contributed by atoms with Crippen LogP contribution in [-0.2, 0) is 0 Å². The maximum Gasteiger partial charge on any atom is 0.267 e. The van der Waals surface area contributed by atoms with Crippen molar-refractivity contribution in [3.63, 3.8) is 0 Å². The van der Waals surface area contributed by atoms with Crippen LogP contribution in [0.1, 0.15) is 20.7 Å². The predicted octanol–water partition coefficient (Wildman–Crippen LogP) is 2.96. The number of carbonyl (C=O) groups excluding carboxylic acids is 2. The molecular weight excluding hydrogens is 349 g/mol. The highest BCUT2D eigenvalue weighted by atomic mass is 19.1. The molecule has 8 heteroatoms. The number of H-pyrrole nitrogens is 1. The minimum Gasteiger partial charge on any atom is -0.275 e. The van der Waals surface area contributed by atoms with E-state index in [4.69, 9.17) is 0 Å². The summed E-state index contributed by atoms with van der Waals surface area (Å²) in [5.74, 6) is -1.88. The van der Waals surface area contributed by atoms with Gasteiger partial charge in [0.1, 0.15) is 5.82 Å². The van der Waals surface area contributed by atoms with Gasteiger partial charge in [0.25, 0.3) is 11.8 Å². The zero-order chi connectivity index (χ0) is 18.5. The molecule has 1 aliphatic rings. The summed E-state index contributed by atoms with van der Waals surface area (Å²) in [5, 5.41) is 7.43. The van der Waals surface area contributed by atoms with Crippen molar-refractivity contribution < 1.29 is 14.0 Å². The third-order valence-electron chi connectivity index (χ3n) is 4.50. The maximum absolute atomic E-state index is 14.2. The standard InChI is InChI=1S/C19H10FN5O2/c20-12-3-1-2-4-13(12)25-18(26)11-9-22-17-15(14(11)19(25)27)16(23-24-17)10-5-7-21-8-6-10/h1-9H,(H,22,23,24). The van der Waals surface area contributed by atoms with Gasteiger partial charge in [-0.15, -0.1) is 0 Å². The summed E-state index contributed by atoms with van der Waals surface area (Å²) in [6.45, 7) is 0. The Morgan fingerprint density at radius 1 is 1.00 bits per heavy atom.